The maximum atomic E-state index is 12.1. The van der Waals surface area contributed by atoms with Gasteiger partial charge in [0.05, 0.1) is 17.5 Å². The van der Waals surface area contributed by atoms with E-state index in [1.807, 2.05) is 0 Å². The average Bonchev–Trinajstić information content (AvgIpc) is 2.70. The predicted molar refractivity (Wildman–Crippen MR) is 86.5 cm³/mol. The number of rotatable bonds is 4. The van der Waals surface area contributed by atoms with Crippen molar-refractivity contribution in [1.82, 2.24) is 10.4 Å². The minimum Gasteiger partial charge on any atom is -0.444 e. The molecule has 0 fully saturated rings. The van der Waals surface area contributed by atoms with Gasteiger partial charge < -0.3 is 14.9 Å². The van der Waals surface area contributed by atoms with E-state index >= 15 is 0 Å². The van der Waals surface area contributed by atoms with Crippen LogP contribution < -0.4 is 5.32 Å². The summed E-state index contributed by atoms with van der Waals surface area (Å²) in [5, 5.41) is 2.92. The molecule has 3 amide bonds. The molecule has 0 spiro atoms. The van der Waals surface area contributed by atoms with Gasteiger partial charge in [-0.3, -0.25) is 9.59 Å². The second kappa shape index (κ2) is 6.92. The number of hydroxylamine groups is 2. The maximum Gasteiger partial charge on any atom is 0.407 e. The number of hydrogen-bond acceptors (Lipinski definition) is 6. The van der Waals surface area contributed by atoms with E-state index in [0.29, 0.717) is 5.06 Å². The zero-order valence-electron chi connectivity index (χ0n) is 14.5. The molecule has 0 radical (unpaired) electrons. The molecule has 1 atom stereocenters. The molecular formula is C17H20N2O6. The van der Waals surface area contributed by atoms with Gasteiger partial charge in [0.15, 0.2) is 0 Å². The molecule has 0 saturated carbocycles. The smallest absolute Gasteiger partial charge is 0.407 e. The quantitative estimate of drug-likeness (QED) is 0.836. The van der Waals surface area contributed by atoms with Crippen LogP contribution in [0, 0.1) is 0 Å². The Balaban J connectivity index is 1.90. The van der Waals surface area contributed by atoms with Crippen molar-refractivity contribution in [3.8, 4) is 0 Å². The lowest BCUT2D eigenvalue weighted by molar-refractivity contribution is -0.169. The third-order valence-electron chi connectivity index (χ3n) is 3.19. The SMILES string of the molecule is C[C@@H](CC(=O)ON1C(=O)c2ccccc2C1=O)NC(=O)OC(C)(C)C. The van der Waals surface area contributed by atoms with Crippen LogP contribution in [0.4, 0.5) is 4.79 Å². The van der Waals surface area contributed by atoms with Crippen molar-refractivity contribution >= 4 is 23.9 Å². The van der Waals surface area contributed by atoms with Crippen LogP contribution in [0.3, 0.4) is 0 Å². The van der Waals surface area contributed by atoms with Crippen LogP contribution in [0.15, 0.2) is 24.3 Å². The van der Waals surface area contributed by atoms with Crippen molar-refractivity contribution < 1.29 is 28.8 Å². The Kier molecular flexibility index (Phi) is 5.10. The number of ether oxygens (including phenoxy) is 1. The lowest BCUT2D eigenvalue weighted by Gasteiger charge is -2.22. The minimum absolute atomic E-state index is 0.181. The van der Waals surface area contributed by atoms with Crippen LogP contribution in [0.25, 0.3) is 0 Å². The average molecular weight is 348 g/mol. The van der Waals surface area contributed by atoms with Crippen LogP contribution in [0.5, 0.6) is 0 Å². The Morgan fingerprint density at radius 2 is 1.64 bits per heavy atom. The summed E-state index contributed by atoms with van der Waals surface area (Å²) in [5.74, 6) is -2.21. The summed E-state index contributed by atoms with van der Waals surface area (Å²) in [7, 11) is 0. The molecule has 2 rings (SSSR count). The Bertz CT molecular complexity index is 687. The van der Waals surface area contributed by atoms with E-state index < -0.39 is 35.5 Å². The third kappa shape index (κ3) is 4.56. The summed E-state index contributed by atoms with van der Waals surface area (Å²) in [4.78, 5) is 52.7. The number of benzene rings is 1. The van der Waals surface area contributed by atoms with Gasteiger partial charge in [0.2, 0.25) is 0 Å². The number of hydrogen-bond donors (Lipinski definition) is 1. The molecule has 1 aliphatic heterocycles. The number of imide groups is 1. The number of carbonyl (C=O) groups is 4. The van der Waals surface area contributed by atoms with Gasteiger partial charge in [-0.15, -0.1) is 0 Å². The van der Waals surface area contributed by atoms with E-state index in [-0.39, 0.29) is 17.5 Å². The highest BCUT2D eigenvalue weighted by atomic mass is 16.7. The van der Waals surface area contributed by atoms with Crippen LogP contribution >= 0.6 is 0 Å². The van der Waals surface area contributed by atoms with E-state index in [9.17, 15) is 19.2 Å². The summed E-state index contributed by atoms with van der Waals surface area (Å²) < 4.78 is 5.08. The van der Waals surface area contributed by atoms with Crippen molar-refractivity contribution in [3.05, 3.63) is 35.4 Å². The highest BCUT2D eigenvalue weighted by Crippen LogP contribution is 2.22. The number of amides is 3. The molecule has 0 bridgehead atoms. The normalized spacial score (nSPS) is 14.8. The first kappa shape index (κ1) is 18.4. The van der Waals surface area contributed by atoms with Crippen molar-refractivity contribution in [2.75, 3.05) is 0 Å². The molecule has 25 heavy (non-hydrogen) atoms. The number of nitrogens with zero attached hydrogens (tertiary/aromatic N) is 1. The number of fused-ring (bicyclic) bond motifs is 1. The number of nitrogens with one attached hydrogen (secondary N) is 1. The van der Waals surface area contributed by atoms with E-state index in [0.717, 1.165) is 0 Å². The lowest BCUT2D eigenvalue weighted by atomic mass is 10.1. The van der Waals surface area contributed by atoms with Gasteiger partial charge in [0.25, 0.3) is 11.8 Å². The van der Waals surface area contributed by atoms with E-state index in [2.05, 4.69) is 5.32 Å². The fraction of sp³-hybridized carbons (Fsp3) is 0.412. The number of alkyl carbamates (subject to hydrolysis) is 1. The Morgan fingerprint density at radius 3 is 2.12 bits per heavy atom. The highest BCUT2D eigenvalue weighted by molar-refractivity contribution is 6.20. The Morgan fingerprint density at radius 1 is 1.12 bits per heavy atom. The lowest BCUT2D eigenvalue weighted by Crippen LogP contribution is -2.40. The molecule has 0 unspecified atom stereocenters. The van der Waals surface area contributed by atoms with Crippen LogP contribution in [-0.4, -0.2) is 40.6 Å². The summed E-state index contributed by atoms with van der Waals surface area (Å²) in [6.07, 6.45) is -0.902. The first-order valence-electron chi connectivity index (χ1n) is 7.76. The summed E-state index contributed by atoms with van der Waals surface area (Å²) >= 11 is 0. The van der Waals surface area contributed by atoms with Crippen molar-refractivity contribution in [1.29, 1.82) is 0 Å². The molecule has 1 aliphatic rings. The van der Waals surface area contributed by atoms with E-state index in [1.165, 1.54) is 12.1 Å². The largest absolute Gasteiger partial charge is 0.444 e. The van der Waals surface area contributed by atoms with Gasteiger partial charge in [-0.05, 0) is 39.8 Å². The number of carbonyl (C=O) groups excluding carboxylic acids is 4. The van der Waals surface area contributed by atoms with Crippen LogP contribution in [0.1, 0.15) is 54.8 Å². The molecule has 0 aliphatic carbocycles. The molecule has 8 nitrogen and oxygen atoms in total. The minimum atomic E-state index is -0.821. The molecule has 0 saturated heterocycles. The fourth-order valence-electron chi connectivity index (χ4n) is 2.20. The Hall–Kier alpha value is -2.90. The maximum absolute atomic E-state index is 12.1. The van der Waals surface area contributed by atoms with Gasteiger partial charge in [0.1, 0.15) is 5.60 Å². The summed E-state index contributed by atoms with van der Waals surface area (Å²) in [5.41, 5.74) is -0.301. The van der Waals surface area contributed by atoms with Crippen molar-refractivity contribution in [2.45, 2.75) is 45.8 Å². The molecule has 134 valence electrons. The highest BCUT2D eigenvalue weighted by Gasteiger charge is 2.38. The molecule has 1 aromatic rings. The van der Waals surface area contributed by atoms with Crippen molar-refractivity contribution in [3.63, 3.8) is 0 Å². The molecule has 1 aromatic carbocycles. The zero-order chi connectivity index (χ0) is 18.8. The predicted octanol–water partition coefficient (Wildman–Crippen LogP) is 2.04. The standard InChI is InChI=1S/C17H20N2O6/c1-10(18-16(23)24-17(2,3)4)9-13(20)25-19-14(21)11-7-5-6-8-12(11)15(19)22/h5-8,10H,9H2,1-4H3,(H,18,23)/t10-/m0/s1. The topological polar surface area (TPSA) is 102 Å². The van der Waals surface area contributed by atoms with Crippen LogP contribution in [-0.2, 0) is 14.4 Å². The van der Waals surface area contributed by atoms with E-state index in [1.54, 1.807) is 39.8 Å². The molecule has 8 heteroatoms. The Labute approximate surface area is 145 Å². The van der Waals surface area contributed by atoms with Gasteiger partial charge in [-0.1, -0.05) is 17.2 Å². The first-order valence-corrected chi connectivity index (χ1v) is 7.76. The summed E-state index contributed by atoms with van der Waals surface area (Å²) in [6.45, 7) is 6.73. The molecule has 0 aromatic heterocycles. The van der Waals surface area contributed by atoms with Crippen LogP contribution in [0.2, 0.25) is 0 Å². The zero-order valence-corrected chi connectivity index (χ0v) is 14.5. The van der Waals surface area contributed by atoms with Gasteiger partial charge in [-0.2, -0.15) is 0 Å². The third-order valence-corrected chi connectivity index (χ3v) is 3.19. The molecule has 1 N–H and O–H groups in total. The van der Waals surface area contributed by atoms with E-state index in [4.69, 9.17) is 9.57 Å². The van der Waals surface area contributed by atoms with Gasteiger partial charge >= 0.3 is 12.1 Å². The molecule has 1 heterocycles. The second-order valence-electron chi connectivity index (χ2n) is 6.66. The first-order chi connectivity index (χ1) is 11.6. The second-order valence-corrected chi connectivity index (χ2v) is 6.66. The van der Waals surface area contributed by atoms with Gasteiger partial charge in [-0.25, -0.2) is 9.59 Å². The summed E-state index contributed by atoms with van der Waals surface area (Å²) in [6, 6.07) is 5.59. The van der Waals surface area contributed by atoms with Crippen molar-refractivity contribution in [2.24, 2.45) is 0 Å². The fourth-order valence-corrected chi connectivity index (χ4v) is 2.20. The molecular weight excluding hydrogens is 328 g/mol. The van der Waals surface area contributed by atoms with Gasteiger partial charge in [0, 0.05) is 6.04 Å². The monoisotopic (exact) mass is 348 g/mol.